The number of nitrogens with zero attached hydrogens (tertiary/aromatic N) is 5. The fourth-order valence-electron chi connectivity index (χ4n) is 6.22. The Labute approximate surface area is 252 Å². The van der Waals surface area contributed by atoms with E-state index in [4.69, 9.17) is 14.7 Å². The number of H-pyrrole nitrogens is 1. The van der Waals surface area contributed by atoms with Gasteiger partial charge in [-0.15, -0.1) is 0 Å². The molecule has 9 heteroatoms. The Balaban J connectivity index is 1.16. The first-order valence-electron chi connectivity index (χ1n) is 15.1. The second-order valence-corrected chi connectivity index (χ2v) is 11.4. The summed E-state index contributed by atoms with van der Waals surface area (Å²) in [7, 11) is 1.70. The molecule has 0 amide bonds. The van der Waals surface area contributed by atoms with Crippen molar-refractivity contribution < 1.29 is 4.74 Å². The van der Waals surface area contributed by atoms with Crippen LogP contribution in [0, 0.1) is 0 Å². The van der Waals surface area contributed by atoms with Gasteiger partial charge in [-0.2, -0.15) is 9.97 Å². The zero-order chi connectivity index (χ0) is 29.3. The van der Waals surface area contributed by atoms with E-state index in [-0.39, 0.29) is 0 Å². The van der Waals surface area contributed by atoms with Crippen molar-refractivity contribution in [1.29, 1.82) is 0 Å². The molecule has 9 nitrogen and oxygen atoms in total. The van der Waals surface area contributed by atoms with Crippen molar-refractivity contribution in [3.63, 3.8) is 0 Å². The highest BCUT2D eigenvalue weighted by atomic mass is 16.5. The van der Waals surface area contributed by atoms with Gasteiger partial charge in [-0.3, -0.25) is 4.90 Å². The zero-order valence-corrected chi connectivity index (χ0v) is 25.0. The molecule has 5 aromatic rings. The Morgan fingerprint density at radius 1 is 0.814 bits per heavy atom. The predicted octanol–water partition coefficient (Wildman–Crippen LogP) is 6.68. The molecule has 0 spiro atoms. The molecule has 43 heavy (non-hydrogen) atoms. The number of nitrogens with one attached hydrogen (secondary N) is 3. The summed E-state index contributed by atoms with van der Waals surface area (Å²) in [6.45, 7) is 9.59. The smallest absolute Gasteiger partial charge is 0.231 e. The van der Waals surface area contributed by atoms with Crippen molar-refractivity contribution >= 4 is 51.2 Å². The third-order valence-electron chi connectivity index (χ3n) is 8.59. The number of benzene rings is 3. The minimum atomic E-state index is 0.484. The number of fused-ring (bicyclic) bond motifs is 2. The van der Waals surface area contributed by atoms with Gasteiger partial charge in [0.2, 0.25) is 5.95 Å². The van der Waals surface area contributed by atoms with Gasteiger partial charge >= 0.3 is 0 Å². The first kappa shape index (κ1) is 27.1. The van der Waals surface area contributed by atoms with E-state index in [1.807, 2.05) is 12.3 Å². The second-order valence-electron chi connectivity index (χ2n) is 11.4. The third-order valence-corrected chi connectivity index (χ3v) is 8.59. The molecular weight excluding hydrogens is 536 g/mol. The third kappa shape index (κ3) is 5.32. The number of aromatic nitrogens is 3. The molecule has 1 fully saturated rings. The van der Waals surface area contributed by atoms with Crippen molar-refractivity contribution in [1.82, 2.24) is 19.9 Å². The molecule has 2 aliphatic rings. The van der Waals surface area contributed by atoms with E-state index in [1.54, 1.807) is 7.11 Å². The van der Waals surface area contributed by atoms with E-state index < -0.39 is 0 Å². The molecule has 0 unspecified atom stereocenters. The van der Waals surface area contributed by atoms with Crippen molar-refractivity contribution in [2.45, 2.75) is 26.3 Å². The predicted molar refractivity (Wildman–Crippen MR) is 176 cm³/mol. The van der Waals surface area contributed by atoms with Crippen LogP contribution in [0.25, 0.3) is 11.0 Å². The van der Waals surface area contributed by atoms with Gasteiger partial charge in [0.15, 0.2) is 0 Å². The van der Waals surface area contributed by atoms with Crippen molar-refractivity contribution in [2.75, 3.05) is 60.3 Å². The molecule has 0 radical (unpaired) electrons. The topological polar surface area (TPSA) is 84.6 Å². The van der Waals surface area contributed by atoms with Crippen LogP contribution in [0.3, 0.4) is 0 Å². The van der Waals surface area contributed by atoms with Crippen molar-refractivity contribution in [3.8, 4) is 5.75 Å². The summed E-state index contributed by atoms with van der Waals surface area (Å²) < 4.78 is 5.82. The molecule has 2 aromatic heterocycles. The number of para-hydroxylation sites is 3. The summed E-state index contributed by atoms with van der Waals surface area (Å²) in [6.07, 6.45) is 2.92. The molecule has 0 aliphatic carbocycles. The molecular formula is C34H38N8O. The van der Waals surface area contributed by atoms with E-state index in [0.717, 1.165) is 84.5 Å². The van der Waals surface area contributed by atoms with E-state index in [2.05, 4.69) is 111 Å². The molecule has 2 aliphatic heterocycles. The van der Waals surface area contributed by atoms with Gasteiger partial charge in [-0.1, -0.05) is 30.3 Å². The van der Waals surface area contributed by atoms with Gasteiger partial charge in [-0.25, -0.2) is 0 Å². The van der Waals surface area contributed by atoms with Gasteiger partial charge in [0.05, 0.1) is 29.6 Å². The molecule has 0 saturated carbocycles. The monoisotopic (exact) mass is 574 g/mol. The van der Waals surface area contributed by atoms with Crippen LogP contribution in [0.4, 0.5) is 40.2 Å². The molecule has 7 rings (SSSR count). The minimum absolute atomic E-state index is 0.484. The van der Waals surface area contributed by atoms with Gasteiger partial charge in [0, 0.05) is 62.4 Å². The second kappa shape index (κ2) is 11.5. The Kier molecular flexibility index (Phi) is 7.24. The highest BCUT2D eigenvalue weighted by Gasteiger charge is 2.23. The van der Waals surface area contributed by atoms with Crippen LogP contribution in [-0.4, -0.2) is 65.7 Å². The molecule has 220 valence electrons. The number of methoxy groups -OCH3 is 1. The largest absolute Gasteiger partial charge is 0.494 e. The normalized spacial score (nSPS) is 15.3. The maximum absolute atomic E-state index is 5.82. The quantitative estimate of drug-likeness (QED) is 0.189. The van der Waals surface area contributed by atoms with E-state index >= 15 is 0 Å². The zero-order valence-electron chi connectivity index (χ0n) is 25.0. The fourth-order valence-corrected chi connectivity index (χ4v) is 6.22. The Hall–Kier alpha value is -4.76. The average molecular weight is 575 g/mol. The molecule has 3 aromatic carbocycles. The number of hydrogen-bond acceptors (Lipinski definition) is 8. The maximum Gasteiger partial charge on any atom is 0.231 e. The van der Waals surface area contributed by atoms with Crippen molar-refractivity contribution in [2.24, 2.45) is 0 Å². The van der Waals surface area contributed by atoms with Crippen LogP contribution in [-0.2, 0) is 6.42 Å². The lowest BCUT2D eigenvalue weighted by Gasteiger charge is -2.38. The van der Waals surface area contributed by atoms with Crippen LogP contribution < -0.4 is 25.2 Å². The SMILES string of the molecule is COc1cc(N2CCN(C(C)C)CC2)ccc1Nc1nc(Nc2ccccc2N2CCc3ccccc32)c2cc[nH]c2n1. The lowest BCUT2D eigenvalue weighted by atomic mass is 10.1. The number of anilines is 7. The van der Waals surface area contributed by atoms with Crippen LogP contribution in [0.2, 0.25) is 0 Å². The molecule has 3 N–H and O–H groups in total. The highest BCUT2D eigenvalue weighted by Crippen LogP contribution is 2.40. The molecule has 0 bridgehead atoms. The Morgan fingerprint density at radius 2 is 1.60 bits per heavy atom. The first-order valence-corrected chi connectivity index (χ1v) is 15.1. The summed E-state index contributed by atoms with van der Waals surface area (Å²) in [5.41, 5.74) is 7.47. The lowest BCUT2D eigenvalue weighted by molar-refractivity contribution is 0.209. The fraction of sp³-hybridized carbons (Fsp3) is 0.294. The average Bonchev–Trinajstić information content (AvgIpc) is 3.69. The Morgan fingerprint density at radius 3 is 2.42 bits per heavy atom. The van der Waals surface area contributed by atoms with Gasteiger partial charge < -0.3 is 30.2 Å². The highest BCUT2D eigenvalue weighted by molar-refractivity contribution is 5.93. The molecule has 1 saturated heterocycles. The van der Waals surface area contributed by atoms with E-state index in [9.17, 15) is 0 Å². The number of rotatable bonds is 8. The van der Waals surface area contributed by atoms with Crippen LogP contribution in [0.15, 0.2) is 79.0 Å². The lowest BCUT2D eigenvalue weighted by Crippen LogP contribution is -2.48. The van der Waals surface area contributed by atoms with Gasteiger partial charge in [0.1, 0.15) is 17.2 Å². The number of ether oxygens (including phenoxy) is 1. The van der Waals surface area contributed by atoms with Crippen molar-refractivity contribution in [3.05, 3.63) is 84.6 Å². The summed E-state index contributed by atoms with van der Waals surface area (Å²) in [5.74, 6) is 1.97. The van der Waals surface area contributed by atoms with Crippen LogP contribution >= 0.6 is 0 Å². The van der Waals surface area contributed by atoms with Gasteiger partial charge in [0.25, 0.3) is 0 Å². The maximum atomic E-state index is 5.82. The van der Waals surface area contributed by atoms with E-state index in [1.165, 1.54) is 11.3 Å². The summed E-state index contributed by atoms with van der Waals surface area (Å²) in [6, 6.07) is 25.9. The first-order chi connectivity index (χ1) is 21.1. The minimum Gasteiger partial charge on any atom is -0.494 e. The summed E-state index contributed by atoms with van der Waals surface area (Å²) >= 11 is 0. The molecule has 4 heterocycles. The van der Waals surface area contributed by atoms with Crippen LogP contribution in [0.1, 0.15) is 19.4 Å². The van der Waals surface area contributed by atoms with E-state index in [0.29, 0.717) is 12.0 Å². The molecule has 0 atom stereocenters. The standard InChI is InChI=1S/C34H38N8O/c1-23(2)40-18-20-41(21-19-40)25-12-13-28(31(22-25)43-3)37-34-38-32-26(14-16-35-32)33(39-34)36-27-9-5-7-11-30(27)42-17-15-24-8-4-6-10-29(24)42/h4-14,16,22-23H,15,17-21H2,1-3H3,(H3,35,36,37,38,39). The summed E-state index contributed by atoms with van der Waals surface area (Å²) in [5, 5.41) is 7.98. The van der Waals surface area contributed by atoms with Crippen LogP contribution in [0.5, 0.6) is 5.75 Å². The Bertz CT molecular complexity index is 1740. The van der Waals surface area contributed by atoms with Gasteiger partial charge in [-0.05, 0) is 62.2 Å². The number of hydrogen-bond donors (Lipinski definition) is 3. The summed E-state index contributed by atoms with van der Waals surface area (Å²) in [4.78, 5) is 20.3. The number of piperazine rings is 1. The number of aromatic amines is 1.